The van der Waals surface area contributed by atoms with Gasteiger partial charge >= 0.3 is 0 Å². The Labute approximate surface area is 130 Å². The molecule has 21 heavy (non-hydrogen) atoms. The molecule has 4 nitrogen and oxygen atoms in total. The number of carbonyl (C=O) groups excluding carboxylic acids is 1. The first-order valence-corrected chi connectivity index (χ1v) is 7.03. The smallest absolute Gasteiger partial charge is 0.255 e. The van der Waals surface area contributed by atoms with Crippen LogP contribution in [0.5, 0.6) is 5.75 Å². The van der Waals surface area contributed by atoms with E-state index in [9.17, 15) is 9.18 Å². The van der Waals surface area contributed by atoms with Crippen molar-refractivity contribution in [2.45, 2.75) is 6.54 Å². The molecule has 0 aliphatic carbocycles. The fourth-order valence-corrected chi connectivity index (χ4v) is 2.05. The lowest BCUT2D eigenvalue weighted by Gasteiger charge is -2.09. The monoisotopic (exact) mass is 352 g/mol. The first-order valence-electron chi connectivity index (χ1n) is 6.23. The Hall–Kier alpha value is -2.08. The second kappa shape index (κ2) is 7.08. The van der Waals surface area contributed by atoms with Crippen LogP contribution in [0.15, 0.2) is 46.9 Å². The SMILES string of the molecule is NC(=O)COc1ccc(CNc2cc(Br)ccc2F)cc1. The highest BCUT2D eigenvalue weighted by Gasteiger charge is 2.03. The van der Waals surface area contributed by atoms with E-state index in [1.54, 1.807) is 24.3 Å². The Morgan fingerprint density at radius 1 is 1.24 bits per heavy atom. The number of primary amides is 1. The standard InChI is InChI=1S/C15H14BrFN2O2/c16-11-3-6-13(17)14(7-11)19-8-10-1-4-12(5-2-10)21-9-15(18)20/h1-7,19H,8-9H2,(H2,18,20). The van der Waals surface area contributed by atoms with E-state index in [-0.39, 0.29) is 12.4 Å². The van der Waals surface area contributed by atoms with Gasteiger partial charge in [-0.15, -0.1) is 0 Å². The van der Waals surface area contributed by atoms with Gasteiger partial charge < -0.3 is 15.8 Å². The van der Waals surface area contributed by atoms with E-state index < -0.39 is 5.91 Å². The molecule has 0 radical (unpaired) electrons. The predicted octanol–water partition coefficient (Wildman–Crippen LogP) is 3.06. The first-order chi connectivity index (χ1) is 10.0. The molecule has 0 heterocycles. The summed E-state index contributed by atoms with van der Waals surface area (Å²) in [6.45, 7) is 0.324. The number of hydrogen-bond donors (Lipinski definition) is 2. The molecule has 1 amide bonds. The summed E-state index contributed by atoms with van der Waals surface area (Å²) in [5.41, 5.74) is 6.38. The minimum absolute atomic E-state index is 0.152. The Morgan fingerprint density at radius 2 is 1.95 bits per heavy atom. The molecule has 0 spiro atoms. The number of nitrogens with two attached hydrogens (primary N) is 1. The number of hydrogen-bond acceptors (Lipinski definition) is 3. The average Bonchev–Trinajstić information content (AvgIpc) is 2.47. The third-order valence-corrected chi connectivity index (χ3v) is 3.21. The van der Waals surface area contributed by atoms with Gasteiger partial charge in [0.05, 0.1) is 5.69 Å². The van der Waals surface area contributed by atoms with Crippen LogP contribution in [0.4, 0.5) is 10.1 Å². The molecular formula is C15H14BrFN2O2. The van der Waals surface area contributed by atoms with E-state index in [2.05, 4.69) is 21.2 Å². The zero-order valence-electron chi connectivity index (χ0n) is 11.1. The summed E-state index contributed by atoms with van der Waals surface area (Å²) in [6, 6.07) is 11.9. The van der Waals surface area contributed by atoms with Gasteiger partial charge in [0.15, 0.2) is 6.61 Å². The van der Waals surface area contributed by atoms with Gasteiger partial charge in [0.25, 0.3) is 5.91 Å². The van der Waals surface area contributed by atoms with Crippen LogP contribution >= 0.6 is 15.9 Å². The molecule has 0 aliphatic rings. The number of ether oxygens (including phenoxy) is 1. The quantitative estimate of drug-likeness (QED) is 0.839. The summed E-state index contributed by atoms with van der Waals surface area (Å²) >= 11 is 3.30. The topological polar surface area (TPSA) is 64.4 Å². The van der Waals surface area contributed by atoms with Crippen molar-refractivity contribution in [3.63, 3.8) is 0 Å². The van der Waals surface area contributed by atoms with Gasteiger partial charge in [0.1, 0.15) is 11.6 Å². The van der Waals surface area contributed by atoms with Crippen LogP contribution in [-0.2, 0) is 11.3 Å². The van der Waals surface area contributed by atoms with Crippen molar-refractivity contribution in [3.8, 4) is 5.75 Å². The molecule has 2 aromatic rings. The average molecular weight is 353 g/mol. The minimum atomic E-state index is -0.522. The lowest BCUT2D eigenvalue weighted by atomic mass is 10.2. The Morgan fingerprint density at radius 3 is 2.62 bits per heavy atom. The van der Waals surface area contributed by atoms with E-state index in [1.165, 1.54) is 6.07 Å². The van der Waals surface area contributed by atoms with E-state index in [0.717, 1.165) is 10.0 Å². The highest BCUT2D eigenvalue weighted by molar-refractivity contribution is 9.10. The molecule has 0 saturated heterocycles. The lowest BCUT2D eigenvalue weighted by molar-refractivity contribution is -0.119. The number of nitrogens with one attached hydrogen (secondary N) is 1. The second-order valence-corrected chi connectivity index (χ2v) is 5.29. The third-order valence-electron chi connectivity index (χ3n) is 2.72. The molecule has 2 rings (SSSR count). The van der Waals surface area contributed by atoms with Crippen molar-refractivity contribution in [2.75, 3.05) is 11.9 Å². The zero-order chi connectivity index (χ0) is 15.2. The zero-order valence-corrected chi connectivity index (χ0v) is 12.7. The highest BCUT2D eigenvalue weighted by Crippen LogP contribution is 2.21. The summed E-state index contributed by atoms with van der Waals surface area (Å²) < 4.78 is 19.5. The minimum Gasteiger partial charge on any atom is -0.484 e. The molecule has 110 valence electrons. The van der Waals surface area contributed by atoms with Gasteiger partial charge in [-0.2, -0.15) is 0 Å². The fraction of sp³-hybridized carbons (Fsp3) is 0.133. The number of halogens is 2. The summed E-state index contributed by atoms with van der Waals surface area (Å²) in [6.07, 6.45) is 0. The van der Waals surface area contributed by atoms with Gasteiger partial charge in [0, 0.05) is 11.0 Å². The van der Waals surface area contributed by atoms with Crippen molar-refractivity contribution in [1.82, 2.24) is 0 Å². The predicted molar refractivity (Wildman–Crippen MR) is 82.6 cm³/mol. The maximum Gasteiger partial charge on any atom is 0.255 e. The van der Waals surface area contributed by atoms with Gasteiger partial charge in [-0.25, -0.2) is 4.39 Å². The Kier molecular flexibility index (Phi) is 5.16. The molecule has 0 bridgehead atoms. The van der Waals surface area contributed by atoms with Crippen LogP contribution in [0.2, 0.25) is 0 Å². The van der Waals surface area contributed by atoms with Crippen LogP contribution in [0.1, 0.15) is 5.56 Å². The molecule has 0 aliphatic heterocycles. The van der Waals surface area contributed by atoms with Gasteiger partial charge in [-0.1, -0.05) is 28.1 Å². The van der Waals surface area contributed by atoms with Crippen LogP contribution in [0.25, 0.3) is 0 Å². The van der Waals surface area contributed by atoms with Gasteiger partial charge in [-0.05, 0) is 35.9 Å². The Balaban J connectivity index is 1.94. The second-order valence-electron chi connectivity index (χ2n) is 4.38. The molecule has 2 aromatic carbocycles. The molecule has 3 N–H and O–H groups in total. The lowest BCUT2D eigenvalue weighted by Crippen LogP contribution is -2.19. The van der Waals surface area contributed by atoms with Crippen LogP contribution in [0, 0.1) is 5.82 Å². The molecule has 0 unspecified atom stereocenters. The van der Waals surface area contributed by atoms with Crippen LogP contribution < -0.4 is 15.8 Å². The van der Waals surface area contributed by atoms with E-state index in [4.69, 9.17) is 10.5 Å². The molecular weight excluding hydrogens is 339 g/mol. The number of anilines is 1. The van der Waals surface area contributed by atoms with Crippen LogP contribution in [-0.4, -0.2) is 12.5 Å². The number of amides is 1. The van der Waals surface area contributed by atoms with Crippen LogP contribution in [0.3, 0.4) is 0 Å². The third kappa shape index (κ3) is 4.75. The van der Waals surface area contributed by atoms with Crippen molar-refractivity contribution < 1.29 is 13.9 Å². The van der Waals surface area contributed by atoms with E-state index >= 15 is 0 Å². The summed E-state index contributed by atoms with van der Waals surface area (Å²) in [5, 5.41) is 3.02. The summed E-state index contributed by atoms with van der Waals surface area (Å²) in [5.74, 6) is -0.267. The first kappa shape index (κ1) is 15.3. The van der Waals surface area contributed by atoms with Crippen molar-refractivity contribution in [1.29, 1.82) is 0 Å². The van der Waals surface area contributed by atoms with Crippen molar-refractivity contribution in [2.24, 2.45) is 5.73 Å². The molecule has 0 aromatic heterocycles. The van der Waals surface area contributed by atoms with Crippen molar-refractivity contribution in [3.05, 3.63) is 58.3 Å². The number of benzene rings is 2. The number of carbonyl (C=O) groups is 1. The van der Waals surface area contributed by atoms with E-state index in [1.807, 2.05) is 12.1 Å². The highest BCUT2D eigenvalue weighted by atomic mass is 79.9. The fourth-order valence-electron chi connectivity index (χ4n) is 1.69. The Bertz CT molecular complexity index is 632. The molecule has 0 atom stereocenters. The molecule has 0 fully saturated rings. The largest absolute Gasteiger partial charge is 0.484 e. The van der Waals surface area contributed by atoms with Gasteiger partial charge in [0.2, 0.25) is 0 Å². The van der Waals surface area contributed by atoms with Gasteiger partial charge in [-0.3, -0.25) is 4.79 Å². The maximum atomic E-state index is 13.6. The molecule has 6 heteroatoms. The summed E-state index contributed by atoms with van der Waals surface area (Å²) in [7, 11) is 0. The molecule has 0 saturated carbocycles. The van der Waals surface area contributed by atoms with E-state index in [0.29, 0.717) is 18.0 Å². The summed E-state index contributed by atoms with van der Waals surface area (Å²) in [4.78, 5) is 10.6. The van der Waals surface area contributed by atoms with Crippen molar-refractivity contribution >= 4 is 27.5 Å². The maximum absolute atomic E-state index is 13.6. The normalized spacial score (nSPS) is 10.2. The number of rotatable bonds is 6.